The van der Waals surface area contributed by atoms with Crippen molar-refractivity contribution in [1.29, 1.82) is 0 Å². The van der Waals surface area contributed by atoms with Gasteiger partial charge in [-0.05, 0) is 33.6 Å². The lowest BCUT2D eigenvalue weighted by molar-refractivity contribution is -0.149. The lowest BCUT2D eigenvalue weighted by Gasteiger charge is -2.32. The quantitative estimate of drug-likeness (QED) is 0.751. The van der Waals surface area contributed by atoms with E-state index in [0.717, 1.165) is 6.42 Å². The summed E-state index contributed by atoms with van der Waals surface area (Å²) in [5.74, 6) is -0.576. The summed E-state index contributed by atoms with van der Waals surface area (Å²) in [7, 11) is -1.48. The van der Waals surface area contributed by atoms with E-state index >= 15 is 0 Å². The zero-order valence-corrected chi connectivity index (χ0v) is 14.3. The Morgan fingerprint density at radius 2 is 1.95 bits per heavy atom. The molecule has 0 saturated carbocycles. The normalized spacial score (nSPS) is 22.6. The average Bonchev–Trinajstić information content (AvgIpc) is 2.76. The van der Waals surface area contributed by atoms with Crippen LogP contribution in [0.25, 0.3) is 0 Å². The van der Waals surface area contributed by atoms with Crippen molar-refractivity contribution < 1.29 is 18.0 Å². The van der Waals surface area contributed by atoms with E-state index in [9.17, 15) is 18.0 Å². The molecular weight excluding hydrogens is 292 g/mol. The molecule has 0 aromatic carbocycles. The first-order valence-electron chi connectivity index (χ1n) is 7.30. The van der Waals surface area contributed by atoms with E-state index in [1.165, 1.54) is 4.90 Å². The smallest absolute Gasteiger partial charge is 0.237 e. The number of rotatable bonds is 5. The predicted octanol–water partition coefficient (Wildman–Crippen LogP) is 0.573. The predicted molar refractivity (Wildman–Crippen MR) is 81.5 cm³/mol. The fraction of sp³-hybridized carbons (Fsp3) is 0.857. The molecule has 1 heterocycles. The summed E-state index contributed by atoms with van der Waals surface area (Å²) < 4.78 is 23.0. The summed E-state index contributed by atoms with van der Waals surface area (Å²) in [5, 5.41) is 2.81. The summed E-state index contributed by atoms with van der Waals surface area (Å²) in [6.45, 7) is 6.99. The zero-order chi connectivity index (χ0) is 16.4. The number of carbonyl (C=O) groups is 2. The van der Waals surface area contributed by atoms with Gasteiger partial charge >= 0.3 is 0 Å². The van der Waals surface area contributed by atoms with Gasteiger partial charge in [-0.15, -0.1) is 0 Å². The van der Waals surface area contributed by atoms with Gasteiger partial charge in [-0.3, -0.25) is 9.59 Å². The van der Waals surface area contributed by atoms with Crippen molar-refractivity contribution in [2.45, 2.75) is 52.6 Å². The maximum absolute atomic E-state index is 12.5. The van der Waals surface area contributed by atoms with Gasteiger partial charge in [-0.2, -0.15) is 0 Å². The van der Waals surface area contributed by atoms with Crippen molar-refractivity contribution in [2.75, 3.05) is 18.6 Å². The molecule has 1 aliphatic heterocycles. The van der Waals surface area contributed by atoms with E-state index in [4.69, 9.17) is 0 Å². The average molecular weight is 318 g/mol. The van der Waals surface area contributed by atoms with E-state index in [0.29, 0.717) is 6.42 Å². The minimum atomic E-state index is -3.06. The van der Waals surface area contributed by atoms with E-state index in [-0.39, 0.29) is 35.4 Å². The molecule has 0 aromatic heterocycles. The Hall–Kier alpha value is -1.11. The Bertz CT molecular complexity index is 513. The molecule has 2 atom stereocenters. The molecule has 0 bridgehead atoms. The highest BCUT2D eigenvalue weighted by Gasteiger charge is 2.42. The fourth-order valence-corrected chi connectivity index (χ4v) is 4.07. The summed E-state index contributed by atoms with van der Waals surface area (Å²) >= 11 is 0. The third kappa shape index (κ3) is 4.18. The molecule has 2 amide bonds. The van der Waals surface area contributed by atoms with Gasteiger partial charge in [0.25, 0.3) is 0 Å². The first-order valence-corrected chi connectivity index (χ1v) is 9.12. The summed E-state index contributed by atoms with van der Waals surface area (Å²) in [6, 6.07) is -0.333. The monoisotopic (exact) mass is 318 g/mol. The molecule has 21 heavy (non-hydrogen) atoms. The summed E-state index contributed by atoms with van der Waals surface area (Å²) in [6.07, 6.45) is 1.22. The van der Waals surface area contributed by atoms with Crippen molar-refractivity contribution in [3.8, 4) is 0 Å². The maximum atomic E-state index is 12.5. The second-order valence-corrected chi connectivity index (χ2v) is 8.61. The highest BCUT2D eigenvalue weighted by molar-refractivity contribution is 7.91. The number of hydrogen-bond donors (Lipinski definition) is 1. The Morgan fingerprint density at radius 3 is 2.38 bits per heavy atom. The molecule has 6 nitrogen and oxygen atoms in total. The van der Waals surface area contributed by atoms with Crippen LogP contribution in [0.3, 0.4) is 0 Å². The first-order chi connectivity index (χ1) is 9.51. The SMILES string of the molecule is CCC(C)NC(=O)C(C)(C)C(=O)N(C)C1CCS(=O)(=O)C1. The summed E-state index contributed by atoms with van der Waals surface area (Å²) in [4.78, 5) is 26.2. The molecule has 0 aliphatic carbocycles. The van der Waals surface area contributed by atoms with Crippen molar-refractivity contribution in [3.63, 3.8) is 0 Å². The molecule has 7 heteroatoms. The van der Waals surface area contributed by atoms with Crippen LogP contribution in [0.2, 0.25) is 0 Å². The third-order valence-electron chi connectivity index (χ3n) is 4.17. The van der Waals surface area contributed by atoms with Crippen LogP contribution in [-0.4, -0.2) is 55.8 Å². The van der Waals surface area contributed by atoms with E-state index in [2.05, 4.69) is 5.32 Å². The van der Waals surface area contributed by atoms with Crippen LogP contribution < -0.4 is 5.32 Å². The topological polar surface area (TPSA) is 83.6 Å². The van der Waals surface area contributed by atoms with Gasteiger partial charge in [-0.1, -0.05) is 6.92 Å². The van der Waals surface area contributed by atoms with E-state index in [1.54, 1.807) is 20.9 Å². The van der Waals surface area contributed by atoms with Gasteiger partial charge in [0.05, 0.1) is 11.5 Å². The van der Waals surface area contributed by atoms with Crippen LogP contribution in [0.15, 0.2) is 0 Å². The molecule has 1 aliphatic rings. The molecule has 2 unspecified atom stereocenters. The maximum Gasteiger partial charge on any atom is 0.237 e. The number of nitrogens with one attached hydrogen (secondary N) is 1. The second kappa shape index (κ2) is 6.34. The molecule has 0 spiro atoms. The van der Waals surface area contributed by atoms with Crippen LogP contribution in [0.1, 0.15) is 40.5 Å². The van der Waals surface area contributed by atoms with Crippen LogP contribution in [0.5, 0.6) is 0 Å². The van der Waals surface area contributed by atoms with Gasteiger partial charge in [0, 0.05) is 19.1 Å². The Labute approximate surface area is 127 Å². The molecule has 1 rings (SSSR count). The molecule has 0 aromatic rings. The van der Waals surface area contributed by atoms with Crippen LogP contribution in [0, 0.1) is 5.41 Å². The molecule has 122 valence electrons. The lowest BCUT2D eigenvalue weighted by Crippen LogP contribution is -2.52. The number of hydrogen-bond acceptors (Lipinski definition) is 4. The van der Waals surface area contributed by atoms with E-state index < -0.39 is 15.3 Å². The van der Waals surface area contributed by atoms with Crippen LogP contribution in [0.4, 0.5) is 0 Å². The van der Waals surface area contributed by atoms with Crippen molar-refractivity contribution in [1.82, 2.24) is 10.2 Å². The van der Waals surface area contributed by atoms with Crippen molar-refractivity contribution >= 4 is 21.7 Å². The largest absolute Gasteiger partial charge is 0.353 e. The van der Waals surface area contributed by atoms with Gasteiger partial charge in [0.15, 0.2) is 9.84 Å². The first kappa shape index (κ1) is 17.9. The highest BCUT2D eigenvalue weighted by Crippen LogP contribution is 2.24. The zero-order valence-electron chi connectivity index (χ0n) is 13.5. The highest BCUT2D eigenvalue weighted by atomic mass is 32.2. The van der Waals surface area contributed by atoms with Gasteiger partial charge in [0.2, 0.25) is 11.8 Å². The number of sulfone groups is 1. The minimum absolute atomic E-state index is 0.00161. The Morgan fingerprint density at radius 1 is 1.38 bits per heavy atom. The van der Waals surface area contributed by atoms with E-state index in [1.807, 2.05) is 13.8 Å². The number of amides is 2. The molecule has 1 fully saturated rings. The Balaban J connectivity index is 2.78. The molecule has 1 N–H and O–H groups in total. The lowest BCUT2D eigenvalue weighted by atomic mass is 9.89. The van der Waals surface area contributed by atoms with Gasteiger partial charge < -0.3 is 10.2 Å². The number of nitrogens with zero attached hydrogens (tertiary/aromatic N) is 1. The molecule has 0 radical (unpaired) electrons. The van der Waals surface area contributed by atoms with Crippen molar-refractivity contribution in [2.24, 2.45) is 5.41 Å². The number of carbonyl (C=O) groups excluding carboxylic acids is 2. The minimum Gasteiger partial charge on any atom is -0.353 e. The van der Waals surface area contributed by atoms with Crippen molar-refractivity contribution in [3.05, 3.63) is 0 Å². The van der Waals surface area contributed by atoms with Crippen LogP contribution >= 0.6 is 0 Å². The van der Waals surface area contributed by atoms with Crippen LogP contribution in [-0.2, 0) is 19.4 Å². The van der Waals surface area contributed by atoms with Gasteiger partial charge in [0.1, 0.15) is 5.41 Å². The summed E-state index contributed by atoms with van der Waals surface area (Å²) in [5.41, 5.74) is -1.20. The standard InChI is InChI=1S/C14H26N2O4S/c1-6-10(2)15-12(17)14(3,4)13(18)16(5)11-7-8-21(19,20)9-11/h10-11H,6-9H2,1-5H3,(H,15,17). The fourth-order valence-electron chi connectivity index (χ4n) is 2.29. The Kier molecular flexibility index (Phi) is 5.41. The third-order valence-corrected chi connectivity index (χ3v) is 5.92. The second-order valence-electron chi connectivity index (χ2n) is 6.38. The molecular formula is C14H26N2O4S. The van der Waals surface area contributed by atoms with Gasteiger partial charge in [-0.25, -0.2) is 8.42 Å². The molecule has 1 saturated heterocycles.